The second kappa shape index (κ2) is 10.7. The van der Waals surface area contributed by atoms with Crippen molar-refractivity contribution in [2.75, 3.05) is 7.11 Å². The fourth-order valence-electron chi connectivity index (χ4n) is 6.15. The van der Waals surface area contributed by atoms with E-state index in [9.17, 15) is 4.79 Å². The Morgan fingerprint density at radius 2 is 1.46 bits per heavy atom. The smallest absolute Gasteiger partial charge is 0.313 e. The lowest BCUT2D eigenvalue weighted by molar-refractivity contribution is -0.143. The van der Waals surface area contributed by atoms with Gasteiger partial charge in [0.25, 0.3) is 0 Å². The topological polar surface area (TPSA) is 26.3 Å². The van der Waals surface area contributed by atoms with E-state index < -0.39 is 8.07 Å². The quantitative estimate of drug-likeness (QED) is 0.245. The molecule has 4 heteroatoms. The molecular formula is C31H35BrO2Si. The molecule has 35 heavy (non-hydrogen) atoms. The molecule has 2 nitrogen and oxygen atoms in total. The van der Waals surface area contributed by atoms with E-state index in [4.69, 9.17) is 4.74 Å². The van der Waals surface area contributed by atoms with E-state index in [1.165, 1.54) is 22.7 Å². The zero-order valence-electron chi connectivity index (χ0n) is 21.1. The maximum Gasteiger partial charge on any atom is 0.313 e. The van der Waals surface area contributed by atoms with Crippen LogP contribution in [-0.2, 0) is 9.53 Å². The van der Waals surface area contributed by atoms with Crippen molar-refractivity contribution in [2.24, 2.45) is 5.92 Å². The van der Waals surface area contributed by atoms with Crippen LogP contribution in [0.4, 0.5) is 0 Å². The molecule has 0 saturated heterocycles. The Morgan fingerprint density at radius 1 is 0.914 bits per heavy atom. The van der Waals surface area contributed by atoms with Crippen molar-refractivity contribution in [2.45, 2.75) is 51.0 Å². The van der Waals surface area contributed by atoms with Gasteiger partial charge in [-0.1, -0.05) is 121 Å². The average molecular weight is 548 g/mol. The van der Waals surface area contributed by atoms with Crippen LogP contribution in [0.3, 0.4) is 0 Å². The van der Waals surface area contributed by atoms with E-state index in [0.717, 1.165) is 29.3 Å². The Labute approximate surface area is 219 Å². The first-order valence-corrected chi connectivity index (χ1v) is 15.2. The van der Waals surface area contributed by atoms with Crippen molar-refractivity contribution in [3.05, 3.63) is 106 Å². The lowest BCUT2D eigenvalue weighted by Crippen LogP contribution is -2.66. The van der Waals surface area contributed by atoms with Gasteiger partial charge in [-0.05, 0) is 58.3 Å². The molecule has 3 aromatic rings. The third-order valence-electron chi connectivity index (χ3n) is 7.53. The first kappa shape index (κ1) is 25.7. The Hall–Kier alpha value is -2.43. The molecule has 0 saturated carbocycles. The number of hydrogen-bond donors (Lipinski definition) is 0. The van der Waals surface area contributed by atoms with Crippen LogP contribution >= 0.6 is 15.9 Å². The maximum atomic E-state index is 13.1. The second-order valence-corrected chi connectivity index (χ2v) is 16.2. The monoisotopic (exact) mass is 546 g/mol. The van der Waals surface area contributed by atoms with Gasteiger partial charge in [0.05, 0.1) is 13.0 Å². The highest BCUT2D eigenvalue weighted by Crippen LogP contribution is 2.46. The van der Waals surface area contributed by atoms with Crippen LogP contribution in [0.25, 0.3) is 0 Å². The Kier molecular flexibility index (Phi) is 7.82. The molecular weight excluding hydrogens is 512 g/mol. The number of halogens is 1. The van der Waals surface area contributed by atoms with Crippen LogP contribution in [0, 0.1) is 5.92 Å². The minimum Gasteiger partial charge on any atom is -0.469 e. The first-order valence-electron chi connectivity index (χ1n) is 12.4. The minimum atomic E-state index is -2.39. The van der Waals surface area contributed by atoms with Crippen LogP contribution in [0.2, 0.25) is 5.04 Å². The van der Waals surface area contributed by atoms with E-state index in [-0.39, 0.29) is 22.8 Å². The van der Waals surface area contributed by atoms with E-state index in [1.54, 1.807) is 0 Å². The normalized spacial score (nSPS) is 17.4. The summed E-state index contributed by atoms with van der Waals surface area (Å²) in [6, 6.07) is 30.3. The number of carbonyl (C=O) groups is 1. The van der Waals surface area contributed by atoms with Crippen LogP contribution in [-0.4, -0.2) is 21.2 Å². The van der Waals surface area contributed by atoms with Gasteiger partial charge in [-0.3, -0.25) is 4.79 Å². The summed E-state index contributed by atoms with van der Waals surface area (Å²) in [5, 5.41) is 4.44. The number of esters is 1. The molecule has 1 aliphatic carbocycles. The summed E-state index contributed by atoms with van der Waals surface area (Å²) < 4.78 is 6.35. The van der Waals surface area contributed by atoms with E-state index >= 15 is 0 Å². The lowest BCUT2D eigenvalue weighted by atomic mass is 9.80. The molecule has 0 aliphatic heterocycles. The molecule has 2 atom stereocenters. The largest absolute Gasteiger partial charge is 0.469 e. The molecule has 3 aromatic carbocycles. The Morgan fingerprint density at radius 3 is 1.94 bits per heavy atom. The molecule has 0 unspecified atom stereocenters. The number of allylic oxidation sites excluding steroid dienone is 2. The predicted octanol–water partition coefficient (Wildman–Crippen LogP) is 7.03. The molecule has 0 heterocycles. The van der Waals surface area contributed by atoms with Crippen molar-refractivity contribution >= 4 is 40.3 Å². The van der Waals surface area contributed by atoms with E-state index in [1.807, 2.05) is 12.1 Å². The molecule has 0 fully saturated rings. The molecule has 0 N–H and O–H groups in total. The molecule has 4 rings (SSSR count). The predicted molar refractivity (Wildman–Crippen MR) is 152 cm³/mol. The zero-order chi connectivity index (χ0) is 25.1. The summed E-state index contributed by atoms with van der Waals surface area (Å²) in [5.41, 5.74) is 1.02. The molecule has 182 valence electrons. The SMILES string of the molecule is COC(=O)[C@@H](c1ccc(Br)cc1)[C@@H]1C=C([Si](c2ccccc2)(c2ccccc2)C(C)(C)C)CCC1. The van der Waals surface area contributed by atoms with Crippen molar-refractivity contribution in [1.29, 1.82) is 0 Å². The number of methoxy groups -OCH3 is 1. The summed E-state index contributed by atoms with van der Waals surface area (Å²) in [6.07, 6.45) is 5.60. The molecule has 0 amide bonds. The molecule has 0 bridgehead atoms. The van der Waals surface area contributed by atoms with Crippen LogP contribution in [0.5, 0.6) is 0 Å². The highest BCUT2D eigenvalue weighted by molar-refractivity contribution is 9.10. The second-order valence-electron chi connectivity index (χ2n) is 10.5. The van der Waals surface area contributed by atoms with Gasteiger partial charge in [0, 0.05) is 4.47 Å². The van der Waals surface area contributed by atoms with Gasteiger partial charge < -0.3 is 4.74 Å². The van der Waals surface area contributed by atoms with Crippen molar-refractivity contribution in [3.8, 4) is 0 Å². The van der Waals surface area contributed by atoms with Gasteiger partial charge in [-0.2, -0.15) is 0 Å². The third kappa shape index (κ3) is 4.96. The number of ether oxygens (including phenoxy) is 1. The van der Waals surface area contributed by atoms with Crippen molar-refractivity contribution < 1.29 is 9.53 Å². The van der Waals surface area contributed by atoms with Crippen molar-refractivity contribution in [1.82, 2.24) is 0 Å². The molecule has 0 spiro atoms. The summed E-state index contributed by atoms with van der Waals surface area (Å²) >= 11 is 3.53. The van der Waals surface area contributed by atoms with Gasteiger partial charge in [0.1, 0.15) is 8.07 Å². The first-order chi connectivity index (χ1) is 16.8. The highest BCUT2D eigenvalue weighted by Gasteiger charge is 2.51. The van der Waals surface area contributed by atoms with E-state index in [2.05, 4.69) is 116 Å². The number of hydrogen-bond acceptors (Lipinski definition) is 2. The molecule has 0 aromatic heterocycles. The zero-order valence-corrected chi connectivity index (χ0v) is 23.7. The van der Waals surface area contributed by atoms with Crippen LogP contribution in [0.15, 0.2) is 101 Å². The summed E-state index contributed by atoms with van der Waals surface area (Å²) in [5.74, 6) is -0.354. The Balaban J connectivity index is 1.93. The van der Waals surface area contributed by atoms with Crippen LogP contribution < -0.4 is 10.4 Å². The summed E-state index contributed by atoms with van der Waals surface area (Å²) in [7, 11) is -0.886. The van der Waals surface area contributed by atoms with E-state index in [0.29, 0.717) is 0 Å². The fourth-order valence-corrected chi connectivity index (χ4v) is 12.6. The fraction of sp³-hybridized carbons (Fsp3) is 0.323. The standard InChI is InChI=1S/C31H35BrO2Si/c1-31(2,3)35(26-13-7-5-8-14-26,27-15-9-6-10-16-27)28-17-11-12-24(22-28)29(30(33)34-4)23-18-20-25(32)21-19-23/h5-10,13-16,18-22,24,29H,11-12,17H2,1-4H3/t24-,29-/m0/s1. The number of carbonyl (C=O) groups excluding carboxylic acids is 1. The minimum absolute atomic E-state index is 0.0435. The average Bonchev–Trinajstić information content (AvgIpc) is 2.86. The van der Waals surface area contributed by atoms with Gasteiger partial charge in [0.15, 0.2) is 0 Å². The third-order valence-corrected chi connectivity index (χ3v) is 14.1. The summed E-state index contributed by atoms with van der Waals surface area (Å²) in [4.78, 5) is 13.1. The van der Waals surface area contributed by atoms with Gasteiger partial charge in [0.2, 0.25) is 0 Å². The molecule has 1 aliphatic rings. The highest BCUT2D eigenvalue weighted by atomic mass is 79.9. The van der Waals surface area contributed by atoms with Gasteiger partial charge in [-0.25, -0.2) is 0 Å². The lowest BCUT2D eigenvalue weighted by Gasteiger charge is -2.47. The van der Waals surface area contributed by atoms with Crippen LogP contribution in [0.1, 0.15) is 51.5 Å². The van der Waals surface area contributed by atoms with Gasteiger partial charge in [-0.15, -0.1) is 0 Å². The maximum absolute atomic E-state index is 13.1. The number of rotatable bonds is 6. The number of benzene rings is 3. The summed E-state index contributed by atoms with van der Waals surface area (Å²) in [6.45, 7) is 7.20. The van der Waals surface area contributed by atoms with Gasteiger partial charge >= 0.3 is 5.97 Å². The molecule has 0 radical (unpaired) electrons. The Bertz CT molecular complexity index is 1120. The van der Waals surface area contributed by atoms with Crippen molar-refractivity contribution in [3.63, 3.8) is 0 Å².